The van der Waals surface area contributed by atoms with E-state index >= 15 is 0 Å². The molecule has 0 bridgehead atoms. The molecule has 0 saturated heterocycles. The van der Waals surface area contributed by atoms with Gasteiger partial charge in [0.25, 0.3) is 0 Å². The van der Waals surface area contributed by atoms with Crippen LogP contribution >= 0.6 is 0 Å². The maximum absolute atomic E-state index is 10.7. The average Bonchev–Trinajstić information content (AvgIpc) is 2.68. The molecular formula is C23H26N4O2. The fraction of sp³-hybridized carbons (Fsp3) is 0.261. The zero-order chi connectivity index (χ0) is 20.8. The minimum absolute atomic E-state index is 0.0826. The number of nitrogens with one attached hydrogen (secondary N) is 3. The van der Waals surface area contributed by atoms with E-state index in [0.29, 0.717) is 18.0 Å². The van der Waals surface area contributed by atoms with Crippen LogP contribution in [0.4, 0.5) is 5.69 Å². The number of anilines is 1. The lowest BCUT2D eigenvalue weighted by molar-refractivity contribution is -0.108. The molecule has 1 aromatic heterocycles. The predicted octanol–water partition coefficient (Wildman–Crippen LogP) is 4.81. The van der Waals surface area contributed by atoms with Gasteiger partial charge in [0, 0.05) is 10.9 Å². The van der Waals surface area contributed by atoms with Crippen LogP contribution in [0.15, 0.2) is 54.6 Å². The topological polar surface area (TPSA) is 87.1 Å². The number of carbonyl (C=O) groups is 1. The highest BCUT2D eigenvalue weighted by molar-refractivity contribution is 6.04. The second kappa shape index (κ2) is 9.19. The molecule has 150 valence electrons. The molecule has 0 saturated carbocycles. The van der Waals surface area contributed by atoms with E-state index in [9.17, 15) is 4.79 Å². The van der Waals surface area contributed by atoms with Crippen molar-refractivity contribution in [2.45, 2.75) is 33.3 Å². The van der Waals surface area contributed by atoms with E-state index in [1.54, 1.807) is 0 Å². The molecule has 1 heterocycles. The highest BCUT2D eigenvalue weighted by Crippen LogP contribution is 2.34. The van der Waals surface area contributed by atoms with Gasteiger partial charge in [-0.25, -0.2) is 4.98 Å². The molecule has 3 rings (SSSR count). The number of fused-ring (bicyclic) bond motifs is 1. The molecule has 2 aromatic carbocycles. The molecule has 0 fully saturated rings. The van der Waals surface area contributed by atoms with E-state index in [-0.39, 0.29) is 12.1 Å². The number of pyridine rings is 1. The van der Waals surface area contributed by atoms with Crippen LogP contribution in [0.25, 0.3) is 22.2 Å². The lowest BCUT2D eigenvalue weighted by Gasteiger charge is -2.19. The average molecular weight is 390 g/mol. The summed E-state index contributed by atoms with van der Waals surface area (Å²) in [5.41, 5.74) is 3.09. The molecule has 1 unspecified atom stereocenters. The second-order valence-corrected chi connectivity index (χ2v) is 7.39. The molecule has 0 aliphatic rings. The lowest BCUT2D eigenvalue weighted by atomic mass is 10.1. The highest BCUT2D eigenvalue weighted by atomic mass is 16.5. The first-order chi connectivity index (χ1) is 14.0. The third-order valence-electron chi connectivity index (χ3n) is 4.47. The summed E-state index contributed by atoms with van der Waals surface area (Å²) < 4.78 is 6.22. The van der Waals surface area contributed by atoms with Gasteiger partial charge in [0.2, 0.25) is 6.41 Å². The second-order valence-electron chi connectivity index (χ2n) is 7.39. The van der Waals surface area contributed by atoms with Crippen molar-refractivity contribution in [3.63, 3.8) is 0 Å². The fourth-order valence-electron chi connectivity index (χ4n) is 3.36. The van der Waals surface area contributed by atoms with E-state index in [1.807, 2.05) is 54.6 Å². The first kappa shape index (κ1) is 20.3. The van der Waals surface area contributed by atoms with Gasteiger partial charge in [0.1, 0.15) is 5.75 Å². The van der Waals surface area contributed by atoms with Gasteiger partial charge in [-0.3, -0.25) is 15.5 Å². The van der Waals surface area contributed by atoms with Crippen molar-refractivity contribution in [3.05, 3.63) is 54.6 Å². The number of aromatic nitrogens is 1. The van der Waals surface area contributed by atoms with Gasteiger partial charge in [-0.05, 0) is 43.5 Å². The Kier molecular flexibility index (Phi) is 6.44. The van der Waals surface area contributed by atoms with E-state index in [0.717, 1.165) is 34.3 Å². The van der Waals surface area contributed by atoms with E-state index < -0.39 is 0 Å². The van der Waals surface area contributed by atoms with Crippen LogP contribution in [0, 0.1) is 11.3 Å². The maximum atomic E-state index is 10.7. The molecule has 1 amide bonds. The van der Waals surface area contributed by atoms with Crippen LogP contribution in [-0.2, 0) is 4.79 Å². The number of hydrogen-bond donors (Lipinski definition) is 3. The quantitative estimate of drug-likeness (QED) is 0.307. The molecule has 29 heavy (non-hydrogen) atoms. The first-order valence-corrected chi connectivity index (χ1v) is 9.69. The zero-order valence-corrected chi connectivity index (χ0v) is 16.9. The van der Waals surface area contributed by atoms with Gasteiger partial charge in [-0.1, -0.05) is 44.2 Å². The third kappa shape index (κ3) is 5.10. The molecule has 0 spiro atoms. The number of carbonyl (C=O) groups excluding carboxylic acids is 1. The SMILES string of the molecule is CC(C)CC(C)Oc1ccccc1-c1cc(NC(=N)NC=O)c2ccccc2n1. The largest absolute Gasteiger partial charge is 0.490 e. The Labute approximate surface area is 170 Å². The Balaban J connectivity index is 2.04. The van der Waals surface area contributed by atoms with Crippen molar-refractivity contribution < 1.29 is 9.53 Å². The summed E-state index contributed by atoms with van der Waals surface area (Å²) in [6.45, 7) is 6.43. The summed E-state index contributed by atoms with van der Waals surface area (Å²) in [6.07, 6.45) is 1.51. The third-order valence-corrected chi connectivity index (χ3v) is 4.47. The first-order valence-electron chi connectivity index (χ1n) is 9.69. The van der Waals surface area contributed by atoms with Crippen molar-refractivity contribution >= 4 is 29.0 Å². The summed E-state index contributed by atoms with van der Waals surface area (Å²) in [4.78, 5) is 15.5. The number of guanidine groups is 1. The van der Waals surface area contributed by atoms with Gasteiger partial charge in [0.05, 0.1) is 23.0 Å². The van der Waals surface area contributed by atoms with E-state index in [1.165, 1.54) is 0 Å². The summed E-state index contributed by atoms with van der Waals surface area (Å²) in [5, 5.41) is 14.0. The summed E-state index contributed by atoms with van der Waals surface area (Å²) in [6, 6.07) is 17.4. The van der Waals surface area contributed by atoms with Crippen molar-refractivity contribution in [2.24, 2.45) is 5.92 Å². The fourth-order valence-corrected chi connectivity index (χ4v) is 3.36. The Hall–Kier alpha value is -3.41. The molecule has 6 nitrogen and oxygen atoms in total. The predicted molar refractivity (Wildman–Crippen MR) is 117 cm³/mol. The zero-order valence-electron chi connectivity index (χ0n) is 16.9. The number of ether oxygens (including phenoxy) is 1. The number of para-hydroxylation sites is 2. The van der Waals surface area contributed by atoms with Gasteiger partial charge < -0.3 is 10.1 Å². The molecule has 6 heteroatoms. The Morgan fingerprint density at radius 1 is 1.14 bits per heavy atom. The van der Waals surface area contributed by atoms with Gasteiger partial charge >= 0.3 is 0 Å². The number of benzene rings is 2. The van der Waals surface area contributed by atoms with Crippen LogP contribution in [-0.4, -0.2) is 23.5 Å². The summed E-state index contributed by atoms with van der Waals surface area (Å²) in [5.74, 6) is 1.22. The molecular weight excluding hydrogens is 364 g/mol. The molecule has 0 radical (unpaired) electrons. The number of amides is 1. The maximum Gasteiger partial charge on any atom is 0.213 e. The smallest absolute Gasteiger partial charge is 0.213 e. The Bertz CT molecular complexity index is 1020. The summed E-state index contributed by atoms with van der Waals surface area (Å²) in [7, 11) is 0. The van der Waals surface area contributed by atoms with Crippen molar-refractivity contribution in [2.75, 3.05) is 5.32 Å². The number of rotatable bonds is 7. The minimum Gasteiger partial charge on any atom is -0.490 e. The van der Waals surface area contributed by atoms with E-state index in [4.69, 9.17) is 15.1 Å². The van der Waals surface area contributed by atoms with Crippen LogP contribution in [0.3, 0.4) is 0 Å². The highest BCUT2D eigenvalue weighted by Gasteiger charge is 2.14. The standard InChI is InChI=1S/C23H26N4O2/c1-15(2)12-16(3)29-22-11-7-5-9-18(22)21-13-20(27-23(24)25-14-28)17-8-4-6-10-19(17)26-21/h4-11,13-16H,12H2,1-3H3,(H3,24,25,26,27,28). The van der Waals surface area contributed by atoms with Crippen LogP contribution < -0.4 is 15.4 Å². The Morgan fingerprint density at radius 3 is 2.62 bits per heavy atom. The number of hydrogen-bond acceptors (Lipinski definition) is 4. The molecule has 0 aliphatic heterocycles. The molecule has 3 aromatic rings. The lowest BCUT2D eigenvalue weighted by Crippen LogP contribution is -2.28. The van der Waals surface area contributed by atoms with Crippen molar-refractivity contribution in [1.29, 1.82) is 5.41 Å². The van der Waals surface area contributed by atoms with Gasteiger partial charge in [-0.2, -0.15) is 0 Å². The van der Waals surface area contributed by atoms with Gasteiger partial charge in [0.15, 0.2) is 5.96 Å². The van der Waals surface area contributed by atoms with Crippen molar-refractivity contribution in [3.8, 4) is 17.0 Å². The van der Waals surface area contributed by atoms with Crippen LogP contribution in [0.5, 0.6) is 5.75 Å². The monoisotopic (exact) mass is 390 g/mol. The van der Waals surface area contributed by atoms with Crippen molar-refractivity contribution in [1.82, 2.24) is 10.3 Å². The molecule has 0 aliphatic carbocycles. The molecule has 3 N–H and O–H groups in total. The van der Waals surface area contributed by atoms with E-state index in [2.05, 4.69) is 31.4 Å². The van der Waals surface area contributed by atoms with Crippen LogP contribution in [0.2, 0.25) is 0 Å². The summed E-state index contributed by atoms with van der Waals surface area (Å²) >= 11 is 0. The van der Waals surface area contributed by atoms with Gasteiger partial charge in [-0.15, -0.1) is 0 Å². The molecule has 1 atom stereocenters. The minimum atomic E-state index is -0.0996. The van der Waals surface area contributed by atoms with Crippen LogP contribution in [0.1, 0.15) is 27.2 Å². The normalized spacial score (nSPS) is 11.9. The Morgan fingerprint density at radius 2 is 1.86 bits per heavy atom. The number of nitrogens with zero attached hydrogens (tertiary/aromatic N) is 1.